The quantitative estimate of drug-likeness (QED) is 0.464. The predicted octanol–water partition coefficient (Wildman–Crippen LogP) is 5.47. The van der Waals surface area contributed by atoms with Crippen molar-refractivity contribution < 1.29 is 19.0 Å². The molecule has 0 spiro atoms. The number of alkyl halides is 1. The van der Waals surface area contributed by atoms with Gasteiger partial charge in [-0.2, -0.15) is 0 Å². The minimum absolute atomic E-state index is 0.169. The van der Waals surface area contributed by atoms with E-state index < -0.39 is 18.1 Å². The van der Waals surface area contributed by atoms with Crippen LogP contribution in [0.5, 0.6) is 5.75 Å². The van der Waals surface area contributed by atoms with Gasteiger partial charge in [-0.1, -0.05) is 58.0 Å². The maximum atomic E-state index is 13.5. The van der Waals surface area contributed by atoms with E-state index in [1.165, 1.54) is 19.4 Å². The van der Waals surface area contributed by atoms with Crippen LogP contribution in [0.3, 0.4) is 0 Å². The van der Waals surface area contributed by atoms with Crippen molar-refractivity contribution in [3.05, 3.63) is 75.1 Å². The fraction of sp³-hybridized carbons (Fsp3) is 0.360. The van der Waals surface area contributed by atoms with Crippen LogP contribution in [0, 0.1) is 0 Å². The fourth-order valence-corrected chi connectivity index (χ4v) is 3.02. The normalized spacial score (nSPS) is 10.8. The summed E-state index contributed by atoms with van der Waals surface area (Å²) >= 11 is 5.66. The van der Waals surface area contributed by atoms with Crippen molar-refractivity contribution in [1.29, 1.82) is 0 Å². The summed E-state index contributed by atoms with van der Waals surface area (Å²) < 4.78 is 20.5. The number of nitrogens with two attached hydrogens (primary N) is 1. The molecule has 1 aromatic heterocycles. The molecule has 0 bridgehead atoms. The number of rotatable bonds is 9. The van der Waals surface area contributed by atoms with Gasteiger partial charge in [0.2, 0.25) is 5.43 Å². The Hall–Kier alpha value is -2.90. The number of methoxy groups -OCH3 is 1. The average Bonchev–Trinajstić information content (AvgIpc) is 2.82. The number of nitrogens with zero attached hydrogens (tertiary/aromatic N) is 1. The molecule has 0 saturated carbocycles. The van der Waals surface area contributed by atoms with E-state index in [0.717, 1.165) is 0 Å². The molecule has 2 aromatic rings. The molecule has 0 radical (unpaired) electrons. The van der Waals surface area contributed by atoms with E-state index in [1.807, 2.05) is 27.7 Å². The molecule has 3 N–H and O–H groups in total. The highest BCUT2D eigenvalue weighted by molar-refractivity contribution is 6.30. The fourth-order valence-electron chi connectivity index (χ4n) is 2.95. The highest BCUT2D eigenvalue weighted by atomic mass is 35.5. The number of aromatic nitrogens is 1. The molecule has 0 saturated heterocycles. The van der Waals surface area contributed by atoms with Crippen LogP contribution in [0.4, 0.5) is 4.39 Å². The van der Waals surface area contributed by atoms with Gasteiger partial charge in [0.05, 0.1) is 12.6 Å². The first-order valence-electron chi connectivity index (χ1n) is 10.8. The first-order chi connectivity index (χ1) is 15.8. The number of carbonyl (C=O) groups is 1. The zero-order chi connectivity index (χ0) is 25.6. The summed E-state index contributed by atoms with van der Waals surface area (Å²) in [5, 5.41) is 9.87. The van der Waals surface area contributed by atoms with Crippen LogP contribution in [-0.2, 0) is 13.0 Å². The zero-order valence-corrected chi connectivity index (χ0v) is 20.7. The number of hydrogen-bond donors (Lipinski definition) is 2. The number of fused-ring (bicyclic) bond motifs is 1. The van der Waals surface area contributed by atoms with Gasteiger partial charge in [0.25, 0.3) is 0 Å². The summed E-state index contributed by atoms with van der Waals surface area (Å²) in [6, 6.07) is 3.18. The Morgan fingerprint density at radius 2 is 1.94 bits per heavy atom. The highest BCUT2D eigenvalue weighted by Gasteiger charge is 2.17. The third kappa shape index (κ3) is 8.51. The minimum Gasteiger partial charge on any atom is -0.496 e. The molecule has 182 valence electrons. The third-order valence-corrected chi connectivity index (χ3v) is 4.41. The largest absolute Gasteiger partial charge is 0.496 e. The number of benzene rings is 1. The number of carboxylic acids is 1. The van der Waals surface area contributed by atoms with Crippen LogP contribution in [0.25, 0.3) is 10.9 Å². The number of aromatic carboxylic acids is 1. The molecule has 0 aliphatic rings. The summed E-state index contributed by atoms with van der Waals surface area (Å²) in [5.74, 6) is -0.869. The van der Waals surface area contributed by atoms with Crippen LogP contribution >= 0.6 is 11.6 Å². The van der Waals surface area contributed by atoms with Gasteiger partial charge in [-0.15, -0.1) is 0 Å². The summed E-state index contributed by atoms with van der Waals surface area (Å²) in [5.41, 5.74) is 6.12. The molecule has 0 fully saturated rings. The topological polar surface area (TPSA) is 94.6 Å². The lowest BCUT2D eigenvalue weighted by Crippen LogP contribution is -2.21. The minimum atomic E-state index is -1.32. The summed E-state index contributed by atoms with van der Waals surface area (Å²) in [4.78, 5) is 24.2. The maximum Gasteiger partial charge on any atom is 0.341 e. The molecule has 1 heterocycles. The summed E-state index contributed by atoms with van der Waals surface area (Å²) in [6.07, 6.45) is 6.11. The number of allylic oxidation sites excluding steroid dienone is 5. The predicted molar refractivity (Wildman–Crippen MR) is 135 cm³/mol. The molecule has 8 heteroatoms. The number of carboxylic acid groups (broad SMARTS) is 1. The van der Waals surface area contributed by atoms with Crippen LogP contribution in [-0.4, -0.2) is 36.0 Å². The molecule has 0 aliphatic carbocycles. The molecule has 1 aromatic carbocycles. The van der Waals surface area contributed by atoms with Crippen molar-refractivity contribution in [3.63, 3.8) is 0 Å². The monoisotopic (exact) mass is 480 g/mol. The first-order valence-corrected chi connectivity index (χ1v) is 11.1. The third-order valence-electron chi connectivity index (χ3n) is 4.28. The van der Waals surface area contributed by atoms with E-state index in [-0.39, 0.29) is 23.9 Å². The van der Waals surface area contributed by atoms with Gasteiger partial charge in [-0.3, -0.25) is 4.79 Å². The number of pyridine rings is 1. The molecule has 2 rings (SSSR count). The Morgan fingerprint density at radius 3 is 2.42 bits per heavy atom. The Kier molecular flexibility index (Phi) is 14.4. The average molecular weight is 481 g/mol. The Bertz CT molecular complexity index is 1060. The van der Waals surface area contributed by atoms with Gasteiger partial charge >= 0.3 is 5.97 Å². The molecule has 0 atom stereocenters. The van der Waals surface area contributed by atoms with Gasteiger partial charge in [-0.25, -0.2) is 9.18 Å². The molecule has 33 heavy (non-hydrogen) atoms. The lowest BCUT2D eigenvalue weighted by Gasteiger charge is -2.15. The Balaban J connectivity index is 0.00000242. The van der Waals surface area contributed by atoms with E-state index in [4.69, 9.17) is 22.1 Å². The second-order valence-electron chi connectivity index (χ2n) is 6.28. The van der Waals surface area contributed by atoms with Crippen molar-refractivity contribution in [1.82, 2.24) is 4.57 Å². The van der Waals surface area contributed by atoms with Gasteiger partial charge in [0, 0.05) is 35.8 Å². The van der Waals surface area contributed by atoms with Crippen molar-refractivity contribution in [2.75, 3.05) is 20.3 Å². The van der Waals surface area contributed by atoms with Crippen molar-refractivity contribution >= 4 is 28.5 Å². The molecule has 6 nitrogen and oxygen atoms in total. The van der Waals surface area contributed by atoms with E-state index in [0.29, 0.717) is 34.0 Å². The number of ether oxygens (including phenoxy) is 1. The van der Waals surface area contributed by atoms with Gasteiger partial charge in [0.1, 0.15) is 18.0 Å². The molecule has 0 aliphatic heterocycles. The van der Waals surface area contributed by atoms with E-state index >= 15 is 0 Å². The van der Waals surface area contributed by atoms with E-state index in [1.54, 1.807) is 28.9 Å². The zero-order valence-electron chi connectivity index (χ0n) is 20.0. The van der Waals surface area contributed by atoms with E-state index in [2.05, 4.69) is 6.58 Å². The van der Waals surface area contributed by atoms with E-state index in [9.17, 15) is 19.1 Å². The summed E-state index contributed by atoms with van der Waals surface area (Å²) in [7, 11) is 1.47. The Morgan fingerprint density at radius 1 is 1.30 bits per heavy atom. The standard InChI is InChI=1S/C21H22ClFN2O4.2C2H6/c1-13(22)4-3-5-14(11-23)8-15-9-16-18(10-19(15)29-2)25(7-6-24)12-17(20(16)26)21(27)28;2*1-2/h3-5,9-10,12H,1,6-8,11,24H2,2H3,(H,27,28);2*1-2H3/b4-3-,14-5-;;. The van der Waals surface area contributed by atoms with Gasteiger partial charge in [0.15, 0.2) is 0 Å². The second-order valence-corrected chi connectivity index (χ2v) is 6.77. The molecular formula is C25H34ClFN2O4. The smallest absolute Gasteiger partial charge is 0.341 e. The SMILES string of the molecule is C=C(Cl)/C=C\C=C(/CF)Cc1cc2c(=O)c(C(=O)O)cn(CCN)c2cc1OC.CC.CC. The lowest BCUT2D eigenvalue weighted by atomic mass is 10.0. The highest BCUT2D eigenvalue weighted by Crippen LogP contribution is 2.27. The van der Waals surface area contributed by atoms with Crippen LogP contribution in [0.1, 0.15) is 43.6 Å². The first kappa shape index (κ1) is 30.1. The van der Waals surface area contributed by atoms with Crippen LogP contribution < -0.4 is 15.9 Å². The number of halogens is 2. The molecule has 0 unspecified atom stereocenters. The van der Waals surface area contributed by atoms with Crippen LogP contribution in [0.2, 0.25) is 0 Å². The van der Waals surface area contributed by atoms with Gasteiger partial charge in [-0.05, 0) is 29.7 Å². The molecular weight excluding hydrogens is 447 g/mol. The van der Waals surface area contributed by atoms with Crippen molar-refractivity contribution in [3.8, 4) is 5.75 Å². The van der Waals surface area contributed by atoms with Gasteiger partial charge < -0.3 is 20.1 Å². The summed E-state index contributed by atoms with van der Waals surface area (Å²) in [6.45, 7) is 11.4. The Labute approximate surface area is 199 Å². The maximum absolute atomic E-state index is 13.5. The lowest BCUT2D eigenvalue weighted by molar-refractivity contribution is 0.0695. The molecule has 0 amide bonds. The number of hydrogen-bond acceptors (Lipinski definition) is 4. The second kappa shape index (κ2) is 15.8. The van der Waals surface area contributed by atoms with Crippen molar-refractivity contribution in [2.24, 2.45) is 5.73 Å². The van der Waals surface area contributed by atoms with Crippen molar-refractivity contribution in [2.45, 2.75) is 40.7 Å². The van der Waals surface area contributed by atoms with Crippen LogP contribution in [0.15, 0.2) is 58.5 Å².